The lowest BCUT2D eigenvalue weighted by Crippen LogP contribution is -2.51. The molecule has 1 aliphatic rings. The standard InChI is InChI=1S/C12H17N3O4/c1-7(5-6-13)10(12(18)19-2)15-11(17)8-3-4-9(16)14-8/h7-8,10H,3-5H2,1-2H3,(H,14,16)(H,15,17)/t7-,8+,10+/m0/s1. The van der Waals surface area contributed by atoms with E-state index in [2.05, 4.69) is 15.4 Å². The lowest BCUT2D eigenvalue weighted by molar-refractivity contribution is -0.146. The number of nitrogens with one attached hydrogen (secondary N) is 2. The smallest absolute Gasteiger partial charge is 0.328 e. The Bertz CT molecular complexity index is 416. The fourth-order valence-electron chi connectivity index (χ4n) is 1.89. The first-order valence-corrected chi connectivity index (χ1v) is 6.04. The van der Waals surface area contributed by atoms with Crippen LogP contribution in [0.2, 0.25) is 0 Å². The third-order valence-corrected chi connectivity index (χ3v) is 3.05. The Hall–Kier alpha value is -2.10. The molecule has 0 aliphatic carbocycles. The Balaban J connectivity index is 2.66. The molecule has 1 rings (SSSR count). The molecule has 7 nitrogen and oxygen atoms in total. The number of nitrogens with zero attached hydrogens (tertiary/aromatic N) is 1. The van der Waals surface area contributed by atoms with E-state index >= 15 is 0 Å². The summed E-state index contributed by atoms with van der Waals surface area (Å²) >= 11 is 0. The molecule has 7 heteroatoms. The monoisotopic (exact) mass is 267 g/mol. The molecule has 2 amide bonds. The quantitative estimate of drug-likeness (QED) is 0.651. The molecule has 1 fully saturated rings. The number of nitriles is 1. The highest BCUT2D eigenvalue weighted by atomic mass is 16.5. The molecule has 1 heterocycles. The molecule has 0 spiro atoms. The van der Waals surface area contributed by atoms with E-state index in [0.717, 1.165) is 0 Å². The number of methoxy groups -OCH3 is 1. The van der Waals surface area contributed by atoms with Crippen molar-refractivity contribution >= 4 is 17.8 Å². The van der Waals surface area contributed by atoms with Crippen LogP contribution in [0.15, 0.2) is 0 Å². The van der Waals surface area contributed by atoms with Crippen LogP contribution in [0.4, 0.5) is 0 Å². The molecule has 19 heavy (non-hydrogen) atoms. The summed E-state index contributed by atoms with van der Waals surface area (Å²) in [5, 5.41) is 13.7. The zero-order valence-corrected chi connectivity index (χ0v) is 10.9. The van der Waals surface area contributed by atoms with Gasteiger partial charge in [-0.1, -0.05) is 6.92 Å². The Morgan fingerprint density at radius 1 is 1.63 bits per heavy atom. The summed E-state index contributed by atoms with van der Waals surface area (Å²) in [6.07, 6.45) is 0.830. The van der Waals surface area contributed by atoms with Crippen molar-refractivity contribution in [2.75, 3.05) is 7.11 Å². The molecule has 0 saturated carbocycles. The summed E-state index contributed by atoms with van der Waals surface area (Å²) < 4.78 is 4.61. The summed E-state index contributed by atoms with van der Waals surface area (Å²) in [6, 6.07) is 0.451. The van der Waals surface area contributed by atoms with E-state index in [1.165, 1.54) is 7.11 Å². The van der Waals surface area contributed by atoms with Crippen LogP contribution in [0.1, 0.15) is 26.2 Å². The van der Waals surface area contributed by atoms with Crippen LogP contribution in [-0.2, 0) is 19.1 Å². The van der Waals surface area contributed by atoms with Gasteiger partial charge in [-0.2, -0.15) is 5.26 Å². The van der Waals surface area contributed by atoms with Gasteiger partial charge in [-0.3, -0.25) is 9.59 Å². The van der Waals surface area contributed by atoms with Crippen LogP contribution in [-0.4, -0.2) is 37.0 Å². The normalized spacial score (nSPS) is 20.9. The second kappa shape index (κ2) is 6.73. The van der Waals surface area contributed by atoms with Gasteiger partial charge in [0.05, 0.1) is 13.2 Å². The van der Waals surface area contributed by atoms with Gasteiger partial charge in [0.25, 0.3) is 0 Å². The van der Waals surface area contributed by atoms with Crippen molar-refractivity contribution in [3.8, 4) is 6.07 Å². The van der Waals surface area contributed by atoms with E-state index in [4.69, 9.17) is 5.26 Å². The van der Waals surface area contributed by atoms with Gasteiger partial charge in [0.15, 0.2) is 0 Å². The molecule has 0 bridgehead atoms. The topological polar surface area (TPSA) is 108 Å². The van der Waals surface area contributed by atoms with Gasteiger partial charge in [-0.15, -0.1) is 0 Å². The zero-order valence-electron chi connectivity index (χ0n) is 10.9. The van der Waals surface area contributed by atoms with Gasteiger partial charge in [0.1, 0.15) is 12.1 Å². The second-order valence-electron chi connectivity index (χ2n) is 4.51. The second-order valence-corrected chi connectivity index (χ2v) is 4.51. The molecule has 0 unspecified atom stereocenters. The largest absolute Gasteiger partial charge is 0.467 e. The van der Waals surface area contributed by atoms with Crippen LogP contribution >= 0.6 is 0 Å². The predicted octanol–water partition coefficient (Wildman–Crippen LogP) is -0.527. The molecule has 0 aromatic heterocycles. The molecule has 0 radical (unpaired) electrons. The van der Waals surface area contributed by atoms with Crippen LogP contribution in [0.25, 0.3) is 0 Å². The van der Waals surface area contributed by atoms with Crippen molar-refractivity contribution in [1.29, 1.82) is 5.26 Å². The number of rotatable bonds is 5. The van der Waals surface area contributed by atoms with Gasteiger partial charge >= 0.3 is 5.97 Å². The molecule has 104 valence electrons. The minimum atomic E-state index is -0.880. The fourth-order valence-corrected chi connectivity index (χ4v) is 1.89. The van der Waals surface area contributed by atoms with E-state index in [1.54, 1.807) is 6.92 Å². The van der Waals surface area contributed by atoms with Crippen molar-refractivity contribution in [3.05, 3.63) is 0 Å². The Morgan fingerprint density at radius 2 is 2.32 bits per heavy atom. The van der Waals surface area contributed by atoms with Gasteiger partial charge in [-0.05, 0) is 6.42 Å². The molecule has 0 aromatic carbocycles. The number of hydrogen-bond donors (Lipinski definition) is 2. The molecule has 1 aliphatic heterocycles. The van der Waals surface area contributed by atoms with Crippen molar-refractivity contribution in [2.24, 2.45) is 5.92 Å². The number of ether oxygens (including phenoxy) is 1. The first kappa shape index (κ1) is 15.0. The minimum Gasteiger partial charge on any atom is -0.467 e. The predicted molar refractivity (Wildman–Crippen MR) is 64.5 cm³/mol. The van der Waals surface area contributed by atoms with E-state index < -0.39 is 24.0 Å². The SMILES string of the molecule is COC(=O)[C@H](NC(=O)[C@H]1CCC(=O)N1)[C@@H](C)CC#N. The van der Waals surface area contributed by atoms with Crippen molar-refractivity contribution in [2.45, 2.75) is 38.3 Å². The van der Waals surface area contributed by atoms with E-state index in [9.17, 15) is 14.4 Å². The minimum absolute atomic E-state index is 0.122. The molecular formula is C12H17N3O4. The molecule has 2 N–H and O–H groups in total. The zero-order chi connectivity index (χ0) is 14.4. The summed E-state index contributed by atoms with van der Waals surface area (Å²) in [6.45, 7) is 1.68. The third-order valence-electron chi connectivity index (χ3n) is 3.05. The first-order valence-electron chi connectivity index (χ1n) is 6.04. The van der Waals surface area contributed by atoms with E-state index in [-0.39, 0.29) is 18.2 Å². The Labute approximate surface area is 111 Å². The van der Waals surface area contributed by atoms with Gasteiger partial charge in [-0.25, -0.2) is 4.79 Å². The summed E-state index contributed by atoms with van der Waals surface area (Å²) in [5.74, 6) is -1.56. The summed E-state index contributed by atoms with van der Waals surface area (Å²) in [5.41, 5.74) is 0. The van der Waals surface area contributed by atoms with Gasteiger partial charge in [0, 0.05) is 18.8 Å². The highest BCUT2D eigenvalue weighted by Crippen LogP contribution is 2.12. The summed E-state index contributed by atoms with van der Waals surface area (Å²) in [4.78, 5) is 34.6. The average Bonchev–Trinajstić information content (AvgIpc) is 2.81. The molecular weight excluding hydrogens is 250 g/mol. The van der Waals surface area contributed by atoms with Crippen molar-refractivity contribution in [1.82, 2.24) is 10.6 Å². The van der Waals surface area contributed by atoms with E-state index in [0.29, 0.717) is 12.8 Å². The van der Waals surface area contributed by atoms with Crippen molar-refractivity contribution < 1.29 is 19.1 Å². The highest BCUT2D eigenvalue weighted by molar-refractivity contribution is 5.93. The lowest BCUT2D eigenvalue weighted by Gasteiger charge is -2.22. The molecule has 0 aromatic rings. The van der Waals surface area contributed by atoms with Crippen LogP contribution < -0.4 is 10.6 Å². The Kier molecular flexibility index (Phi) is 5.30. The number of esters is 1. The molecule has 3 atom stereocenters. The third kappa shape index (κ3) is 3.95. The Morgan fingerprint density at radius 3 is 2.79 bits per heavy atom. The highest BCUT2D eigenvalue weighted by Gasteiger charge is 2.33. The van der Waals surface area contributed by atoms with Crippen LogP contribution in [0.3, 0.4) is 0 Å². The number of carbonyl (C=O) groups is 3. The summed E-state index contributed by atoms with van der Waals surface area (Å²) in [7, 11) is 1.22. The maximum absolute atomic E-state index is 11.9. The molecule has 1 saturated heterocycles. The fraction of sp³-hybridized carbons (Fsp3) is 0.667. The maximum Gasteiger partial charge on any atom is 0.328 e. The number of carbonyl (C=O) groups excluding carboxylic acids is 3. The number of amides is 2. The average molecular weight is 267 g/mol. The van der Waals surface area contributed by atoms with Gasteiger partial charge in [0.2, 0.25) is 11.8 Å². The first-order chi connectivity index (χ1) is 8.99. The van der Waals surface area contributed by atoms with Crippen LogP contribution in [0, 0.1) is 17.2 Å². The maximum atomic E-state index is 11.9. The number of hydrogen-bond acceptors (Lipinski definition) is 5. The lowest BCUT2D eigenvalue weighted by atomic mass is 9.98. The van der Waals surface area contributed by atoms with Gasteiger partial charge < -0.3 is 15.4 Å². The van der Waals surface area contributed by atoms with E-state index in [1.807, 2.05) is 6.07 Å². The van der Waals surface area contributed by atoms with Crippen molar-refractivity contribution in [3.63, 3.8) is 0 Å². The van der Waals surface area contributed by atoms with Crippen LogP contribution in [0.5, 0.6) is 0 Å².